The van der Waals surface area contributed by atoms with Crippen molar-refractivity contribution in [2.75, 3.05) is 9.80 Å². The third kappa shape index (κ3) is 4.78. The lowest BCUT2D eigenvalue weighted by Crippen LogP contribution is -2.61. The number of hydrogen-bond acceptors (Lipinski definition) is 2. The summed E-state index contributed by atoms with van der Waals surface area (Å²) >= 11 is 0. The van der Waals surface area contributed by atoms with Gasteiger partial charge < -0.3 is 18.6 Å². The van der Waals surface area contributed by atoms with Crippen LogP contribution in [0.4, 0.5) is 34.1 Å². The second-order valence-corrected chi connectivity index (χ2v) is 21.4. The van der Waals surface area contributed by atoms with Gasteiger partial charge in [0.25, 0.3) is 6.71 Å². The van der Waals surface area contributed by atoms with E-state index < -0.39 is 0 Å². The van der Waals surface area contributed by atoms with Crippen molar-refractivity contribution in [2.45, 2.75) is 52.4 Å². The summed E-state index contributed by atoms with van der Waals surface area (Å²) in [6, 6.07) is 67.6. The second-order valence-electron chi connectivity index (χ2n) is 21.4. The first kappa shape index (κ1) is 37.5. The van der Waals surface area contributed by atoms with E-state index in [1.54, 1.807) is 0 Å². The first-order valence-corrected chi connectivity index (χ1v) is 23.9. The van der Waals surface area contributed by atoms with Crippen LogP contribution in [0.2, 0.25) is 0 Å². The highest BCUT2D eigenvalue weighted by atomic mass is 15.2. The Bertz CT molecular complexity index is 3960. The summed E-state index contributed by atoms with van der Waals surface area (Å²) < 4.78 is 5.07. The summed E-state index contributed by atoms with van der Waals surface area (Å²) in [4.78, 5) is 5.14. The van der Waals surface area contributed by atoms with Crippen molar-refractivity contribution in [1.82, 2.24) is 8.80 Å². The molecule has 0 spiro atoms. The highest BCUT2D eigenvalue weighted by Crippen LogP contribution is 2.49. The Labute approximate surface area is 389 Å². The summed E-state index contributed by atoms with van der Waals surface area (Å²) in [6.45, 7) is 13.8. The molecule has 0 saturated carbocycles. The zero-order valence-electron chi connectivity index (χ0n) is 38.6. The number of aromatic nitrogens is 2. The molecule has 0 aliphatic carbocycles. The summed E-state index contributed by atoms with van der Waals surface area (Å²) in [5.74, 6) is 0. The average molecular weight is 859 g/mol. The van der Waals surface area contributed by atoms with Crippen LogP contribution in [0.3, 0.4) is 0 Å². The van der Waals surface area contributed by atoms with Crippen LogP contribution in [0, 0.1) is 0 Å². The van der Waals surface area contributed by atoms with Gasteiger partial charge in [0.15, 0.2) is 0 Å². The minimum absolute atomic E-state index is 0.0335. The number of hydrogen-bond donors (Lipinski definition) is 0. The molecular weight excluding hydrogens is 812 g/mol. The molecule has 0 amide bonds. The first-order valence-electron chi connectivity index (χ1n) is 23.9. The van der Waals surface area contributed by atoms with Gasteiger partial charge in [-0.3, -0.25) is 0 Å². The summed E-state index contributed by atoms with van der Waals surface area (Å²) in [6.07, 6.45) is 0. The van der Waals surface area contributed by atoms with E-state index in [1.165, 1.54) is 126 Å². The summed E-state index contributed by atoms with van der Waals surface area (Å²) in [5.41, 5.74) is 21.5. The van der Waals surface area contributed by atoms with Crippen molar-refractivity contribution in [3.63, 3.8) is 0 Å². The average Bonchev–Trinajstić information content (AvgIpc) is 4.06. The number of nitrogens with zero attached hydrogens (tertiary/aromatic N) is 4. The maximum atomic E-state index is 2.57. The Kier molecular flexibility index (Phi) is 7.03. The topological polar surface area (TPSA) is 15.3 Å². The number of fused-ring (bicyclic) bond motifs is 16. The molecule has 67 heavy (non-hydrogen) atoms. The van der Waals surface area contributed by atoms with E-state index in [-0.39, 0.29) is 17.5 Å². The highest BCUT2D eigenvalue weighted by Gasteiger charge is 2.44. The molecule has 9 aromatic carbocycles. The molecule has 4 nitrogen and oxygen atoms in total. The molecule has 2 aliphatic heterocycles. The normalized spacial score (nSPS) is 14.0. The molecule has 318 valence electrons. The van der Waals surface area contributed by atoms with Gasteiger partial charge in [0.1, 0.15) is 0 Å². The third-order valence-corrected chi connectivity index (χ3v) is 15.7. The molecular formula is C62H47BN4. The van der Waals surface area contributed by atoms with Crippen LogP contribution in [0.1, 0.15) is 52.7 Å². The number of rotatable bonds is 2. The molecule has 4 aromatic heterocycles. The van der Waals surface area contributed by atoms with Crippen molar-refractivity contribution >= 4 is 133 Å². The lowest BCUT2D eigenvalue weighted by molar-refractivity contribution is 0.590. The van der Waals surface area contributed by atoms with Gasteiger partial charge in [0.05, 0.1) is 33.1 Å². The zero-order chi connectivity index (χ0) is 44.8. The minimum atomic E-state index is -0.0335. The molecule has 0 fully saturated rings. The quantitative estimate of drug-likeness (QED) is 0.161. The molecule has 5 heteroatoms. The van der Waals surface area contributed by atoms with Crippen LogP contribution in [-0.2, 0) is 10.8 Å². The molecule has 0 saturated heterocycles. The molecule has 0 unspecified atom stereocenters. The van der Waals surface area contributed by atoms with Crippen molar-refractivity contribution in [1.29, 1.82) is 0 Å². The standard InChI is InChI=1S/C62H47BN4/c1-61(2,3)36-24-28-38(29-25-36)64-52-22-13-23-53-58(52)63(48-32-46-44-18-11-16-42-40-14-7-9-20-50(40)66(59(42)44)54(46)34-56(48)64)49-33-47-45-19-12-17-43-41-15-8-10-21-51(41)67(60(43)45)55(47)35-57(49)65(53)39-30-26-37(27-31-39)62(4,5)6/h7-35H,1-6H3. The fourth-order valence-electron chi connectivity index (χ4n) is 12.6. The predicted molar refractivity (Wildman–Crippen MR) is 287 cm³/mol. The number of anilines is 6. The van der Waals surface area contributed by atoms with Gasteiger partial charge in [-0.2, -0.15) is 0 Å². The zero-order valence-corrected chi connectivity index (χ0v) is 38.6. The van der Waals surface area contributed by atoms with Crippen molar-refractivity contribution in [3.05, 3.63) is 187 Å². The second kappa shape index (κ2) is 12.6. The van der Waals surface area contributed by atoms with Gasteiger partial charge in [-0.05, 0) is 99.0 Å². The maximum Gasteiger partial charge on any atom is 0.252 e. The summed E-state index contributed by atoms with van der Waals surface area (Å²) in [7, 11) is 0. The van der Waals surface area contributed by atoms with E-state index in [9.17, 15) is 0 Å². The first-order chi connectivity index (χ1) is 32.5. The van der Waals surface area contributed by atoms with E-state index in [1.807, 2.05) is 0 Å². The van der Waals surface area contributed by atoms with Crippen LogP contribution in [0.5, 0.6) is 0 Å². The predicted octanol–water partition coefficient (Wildman–Crippen LogP) is 14.7. The SMILES string of the molecule is CC(C)(C)c1ccc(N2c3cc4c(cc3B3c5cc6c7cccc8c9ccccc9n(c6cc5N(c5ccc(C(C)(C)C)cc5)c5cccc2c53)c87)c2cccc3c5ccccc5n4c32)cc1. The Morgan fingerprint density at radius 2 is 0.701 bits per heavy atom. The van der Waals surface area contributed by atoms with E-state index in [2.05, 4.69) is 236 Å². The fraction of sp³-hybridized carbons (Fsp3) is 0.129. The van der Waals surface area contributed by atoms with Gasteiger partial charge in [0.2, 0.25) is 0 Å². The van der Waals surface area contributed by atoms with Crippen LogP contribution in [0.15, 0.2) is 176 Å². The smallest absolute Gasteiger partial charge is 0.252 e. The molecule has 6 heterocycles. The van der Waals surface area contributed by atoms with Crippen molar-refractivity contribution in [3.8, 4) is 0 Å². The van der Waals surface area contributed by atoms with Crippen LogP contribution in [-0.4, -0.2) is 15.5 Å². The molecule has 0 radical (unpaired) electrons. The van der Waals surface area contributed by atoms with Crippen LogP contribution >= 0.6 is 0 Å². The van der Waals surface area contributed by atoms with E-state index in [0.717, 1.165) is 11.4 Å². The summed E-state index contributed by atoms with van der Waals surface area (Å²) in [5, 5.41) is 10.4. The molecule has 0 N–H and O–H groups in total. The molecule has 0 atom stereocenters. The Balaban J connectivity index is 1.09. The maximum absolute atomic E-state index is 2.57. The highest BCUT2D eigenvalue weighted by molar-refractivity contribution is 7.00. The largest absolute Gasteiger partial charge is 0.311 e. The van der Waals surface area contributed by atoms with E-state index >= 15 is 0 Å². The fourth-order valence-corrected chi connectivity index (χ4v) is 12.6. The van der Waals surface area contributed by atoms with E-state index in [4.69, 9.17) is 0 Å². The Hall–Kier alpha value is -7.76. The van der Waals surface area contributed by atoms with Crippen molar-refractivity contribution < 1.29 is 0 Å². The van der Waals surface area contributed by atoms with Crippen LogP contribution in [0.25, 0.3) is 76.2 Å². The van der Waals surface area contributed by atoms with E-state index in [0.29, 0.717) is 0 Å². The Morgan fingerprint density at radius 3 is 1.12 bits per heavy atom. The molecule has 13 aromatic rings. The van der Waals surface area contributed by atoms with Crippen LogP contribution < -0.4 is 26.2 Å². The van der Waals surface area contributed by atoms with Gasteiger partial charge in [-0.25, -0.2) is 0 Å². The monoisotopic (exact) mass is 858 g/mol. The lowest BCUT2D eigenvalue weighted by atomic mass is 9.33. The molecule has 15 rings (SSSR count). The minimum Gasteiger partial charge on any atom is -0.311 e. The molecule has 2 aliphatic rings. The van der Waals surface area contributed by atoms with Gasteiger partial charge in [0, 0.05) is 77.2 Å². The number of para-hydroxylation sites is 4. The van der Waals surface area contributed by atoms with Gasteiger partial charge in [-0.1, -0.05) is 157 Å². The number of benzene rings is 9. The Morgan fingerprint density at radius 1 is 0.328 bits per heavy atom. The third-order valence-electron chi connectivity index (χ3n) is 15.7. The van der Waals surface area contributed by atoms with Gasteiger partial charge >= 0.3 is 0 Å². The molecule has 0 bridgehead atoms. The van der Waals surface area contributed by atoms with Gasteiger partial charge in [-0.15, -0.1) is 0 Å². The lowest BCUT2D eigenvalue weighted by Gasteiger charge is -2.44. The van der Waals surface area contributed by atoms with Crippen molar-refractivity contribution in [2.24, 2.45) is 0 Å².